The van der Waals surface area contributed by atoms with Crippen molar-refractivity contribution in [1.82, 2.24) is 15.5 Å². The second-order valence-corrected chi connectivity index (χ2v) is 5.12. The van der Waals surface area contributed by atoms with Gasteiger partial charge in [-0.3, -0.25) is 4.79 Å². The van der Waals surface area contributed by atoms with Crippen molar-refractivity contribution >= 4 is 5.91 Å². The number of methoxy groups -OCH3 is 2. The predicted octanol–water partition coefficient (Wildman–Crippen LogP) is 2.68. The molecule has 1 aromatic heterocycles. The summed E-state index contributed by atoms with van der Waals surface area (Å²) in [5.41, 5.74) is 1.19. The molecule has 0 bridgehead atoms. The highest BCUT2D eigenvalue weighted by Crippen LogP contribution is 2.28. The number of benzene rings is 2. The number of hydrogen-bond acceptors (Lipinski definition) is 6. The van der Waals surface area contributed by atoms with Crippen LogP contribution in [-0.2, 0) is 6.54 Å². The second-order valence-electron chi connectivity index (χ2n) is 5.12. The molecule has 0 atom stereocenters. The van der Waals surface area contributed by atoms with Crippen LogP contribution in [0.25, 0.3) is 11.5 Å². The van der Waals surface area contributed by atoms with Crippen LogP contribution >= 0.6 is 0 Å². The third-order valence-corrected chi connectivity index (χ3v) is 3.54. The Morgan fingerprint density at radius 2 is 1.92 bits per heavy atom. The van der Waals surface area contributed by atoms with Crippen LogP contribution in [0.2, 0.25) is 0 Å². The molecule has 0 fully saturated rings. The van der Waals surface area contributed by atoms with E-state index in [1.54, 1.807) is 38.5 Å². The van der Waals surface area contributed by atoms with Gasteiger partial charge in [0.2, 0.25) is 5.89 Å². The predicted molar refractivity (Wildman–Crippen MR) is 90.5 cm³/mol. The summed E-state index contributed by atoms with van der Waals surface area (Å²) in [6.07, 6.45) is 0. The fourth-order valence-electron chi connectivity index (χ4n) is 2.28. The van der Waals surface area contributed by atoms with Gasteiger partial charge in [0.05, 0.1) is 26.3 Å². The third-order valence-electron chi connectivity index (χ3n) is 3.54. The van der Waals surface area contributed by atoms with E-state index in [0.717, 1.165) is 0 Å². The van der Waals surface area contributed by atoms with Gasteiger partial charge in [-0.2, -0.15) is 0 Å². The van der Waals surface area contributed by atoms with Crippen molar-refractivity contribution in [3.05, 3.63) is 60.0 Å². The van der Waals surface area contributed by atoms with Crippen molar-refractivity contribution in [2.75, 3.05) is 14.2 Å². The highest BCUT2D eigenvalue weighted by molar-refractivity contribution is 5.94. The number of para-hydroxylation sites is 1. The number of aromatic nitrogens is 2. The first-order valence-corrected chi connectivity index (χ1v) is 7.59. The molecule has 0 radical (unpaired) electrons. The van der Waals surface area contributed by atoms with E-state index in [4.69, 9.17) is 13.9 Å². The lowest BCUT2D eigenvalue weighted by Gasteiger charge is -2.05. The minimum Gasteiger partial charge on any atom is -0.497 e. The number of rotatable bonds is 6. The number of nitrogens with zero attached hydrogens (tertiary/aromatic N) is 2. The van der Waals surface area contributed by atoms with Gasteiger partial charge in [-0.05, 0) is 30.3 Å². The molecule has 0 aliphatic heterocycles. The summed E-state index contributed by atoms with van der Waals surface area (Å²) < 4.78 is 16.0. The molecule has 1 amide bonds. The fourth-order valence-corrected chi connectivity index (χ4v) is 2.28. The zero-order valence-corrected chi connectivity index (χ0v) is 13.9. The number of carbonyl (C=O) groups excluding carboxylic acids is 1. The summed E-state index contributed by atoms with van der Waals surface area (Å²) in [5, 5.41) is 10.7. The number of hydrogen-bond donors (Lipinski definition) is 1. The first kappa shape index (κ1) is 16.5. The molecule has 0 spiro atoms. The van der Waals surface area contributed by atoms with Crippen molar-refractivity contribution in [2.24, 2.45) is 0 Å². The Kier molecular flexibility index (Phi) is 4.94. The maximum atomic E-state index is 12.2. The minimum atomic E-state index is -0.254. The monoisotopic (exact) mass is 339 g/mol. The molecule has 0 aliphatic carbocycles. The molecule has 3 aromatic rings. The SMILES string of the molecule is COc1cccc(C(=O)NCc2nnc(-c3ccccc3OC)o2)c1. The summed E-state index contributed by atoms with van der Waals surface area (Å²) in [7, 11) is 3.12. The lowest BCUT2D eigenvalue weighted by Crippen LogP contribution is -2.22. The quantitative estimate of drug-likeness (QED) is 0.743. The fraction of sp³-hybridized carbons (Fsp3) is 0.167. The molecule has 7 heteroatoms. The minimum absolute atomic E-state index is 0.123. The van der Waals surface area contributed by atoms with Gasteiger partial charge >= 0.3 is 0 Å². The average molecular weight is 339 g/mol. The summed E-state index contributed by atoms with van der Waals surface area (Å²) in [4.78, 5) is 12.2. The van der Waals surface area contributed by atoms with Crippen molar-refractivity contribution < 1.29 is 18.7 Å². The van der Waals surface area contributed by atoms with E-state index in [1.807, 2.05) is 24.3 Å². The first-order chi connectivity index (χ1) is 12.2. The molecule has 3 rings (SSSR count). The maximum Gasteiger partial charge on any atom is 0.251 e. The van der Waals surface area contributed by atoms with Crippen LogP contribution in [0.15, 0.2) is 52.9 Å². The van der Waals surface area contributed by atoms with Gasteiger partial charge in [0.25, 0.3) is 11.8 Å². The van der Waals surface area contributed by atoms with Crippen LogP contribution in [0.4, 0.5) is 0 Å². The van der Waals surface area contributed by atoms with Crippen LogP contribution in [0.5, 0.6) is 11.5 Å². The topological polar surface area (TPSA) is 86.5 Å². The number of nitrogens with one attached hydrogen (secondary N) is 1. The zero-order chi connectivity index (χ0) is 17.6. The molecule has 128 valence electrons. The molecule has 1 N–H and O–H groups in total. The first-order valence-electron chi connectivity index (χ1n) is 7.59. The Labute approximate surface area is 144 Å². The van der Waals surface area contributed by atoms with E-state index < -0.39 is 0 Å². The molecular formula is C18H17N3O4. The van der Waals surface area contributed by atoms with Gasteiger partial charge in [0, 0.05) is 5.56 Å². The van der Waals surface area contributed by atoms with Crippen LogP contribution < -0.4 is 14.8 Å². The largest absolute Gasteiger partial charge is 0.497 e. The van der Waals surface area contributed by atoms with Crippen molar-refractivity contribution in [3.63, 3.8) is 0 Å². The molecule has 1 heterocycles. The molecule has 25 heavy (non-hydrogen) atoms. The lowest BCUT2D eigenvalue weighted by molar-refractivity contribution is 0.0947. The number of carbonyl (C=O) groups is 1. The standard InChI is InChI=1S/C18H17N3O4/c1-23-13-7-5-6-12(10-13)17(22)19-11-16-20-21-18(25-16)14-8-3-4-9-15(14)24-2/h3-10H,11H2,1-2H3,(H,19,22). The van der Waals surface area contributed by atoms with Gasteiger partial charge in [0.1, 0.15) is 11.5 Å². The van der Waals surface area contributed by atoms with E-state index in [2.05, 4.69) is 15.5 Å². The van der Waals surface area contributed by atoms with Gasteiger partial charge in [0.15, 0.2) is 0 Å². The number of amides is 1. The Morgan fingerprint density at radius 1 is 1.08 bits per heavy atom. The van der Waals surface area contributed by atoms with Crippen molar-refractivity contribution in [1.29, 1.82) is 0 Å². The smallest absolute Gasteiger partial charge is 0.251 e. The van der Waals surface area contributed by atoms with Crippen LogP contribution in [0, 0.1) is 0 Å². The van der Waals surface area contributed by atoms with Gasteiger partial charge < -0.3 is 19.2 Å². The second kappa shape index (κ2) is 7.48. The number of ether oxygens (including phenoxy) is 2. The average Bonchev–Trinajstić information content (AvgIpc) is 3.15. The van der Waals surface area contributed by atoms with E-state index in [1.165, 1.54) is 0 Å². The molecule has 0 aliphatic rings. The van der Waals surface area contributed by atoms with Gasteiger partial charge in [-0.15, -0.1) is 10.2 Å². The summed E-state index contributed by atoms with van der Waals surface area (Å²) >= 11 is 0. The summed E-state index contributed by atoms with van der Waals surface area (Å²) in [5.74, 6) is 1.64. The van der Waals surface area contributed by atoms with E-state index in [0.29, 0.717) is 34.4 Å². The Hall–Kier alpha value is -3.35. The summed E-state index contributed by atoms with van der Waals surface area (Å²) in [6, 6.07) is 14.2. The Bertz CT molecular complexity index is 876. The van der Waals surface area contributed by atoms with Crippen LogP contribution in [0.1, 0.15) is 16.2 Å². The third kappa shape index (κ3) is 3.77. The molecule has 7 nitrogen and oxygen atoms in total. The van der Waals surface area contributed by atoms with Gasteiger partial charge in [-0.25, -0.2) is 0 Å². The highest BCUT2D eigenvalue weighted by Gasteiger charge is 2.14. The Balaban J connectivity index is 1.68. The Morgan fingerprint density at radius 3 is 2.72 bits per heavy atom. The normalized spacial score (nSPS) is 10.3. The van der Waals surface area contributed by atoms with E-state index in [9.17, 15) is 4.79 Å². The molecule has 0 saturated carbocycles. The zero-order valence-electron chi connectivity index (χ0n) is 13.9. The van der Waals surface area contributed by atoms with E-state index in [-0.39, 0.29) is 12.5 Å². The maximum absolute atomic E-state index is 12.2. The van der Waals surface area contributed by atoms with Crippen molar-refractivity contribution in [2.45, 2.75) is 6.54 Å². The molecular weight excluding hydrogens is 322 g/mol. The summed E-state index contributed by atoms with van der Waals surface area (Å²) in [6.45, 7) is 0.123. The van der Waals surface area contributed by atoms with Crippen LogP contribution in [-0.4, -0.2) is 30.3 Å². The molecule has 0 saturated heterocycles. The molecule has 2 aromatic carbocycles. The highest BCUT2D eigenvalue weighted by atomic mass is 16.5. The van der Waals surface area contributed by atoms with Crippen LogP contribution in [0.3, 0.4) is 0 Å². The lowest BCUT2D eigenvalue weighted by atomic mass is 10.2. The van der Waals surface area contributed by atoms with E-state index >= 15 is 0 Å². The van der Waals surface area contributed by atoms with Crippen molar-refractivity contribution in [3.8, 4) is 23.0 Å². The molecule has 0 unspecified atom stereocenters. The van der Waals surface area contributed by atoms with Gasteiger partial charge in [-0.1, -0.05) is 18.2 Å².